The van der Waals surface area contributed by atoms with Crippen molar-refractivity contribution in [2.24, 2.45) is 0 Å². The molecule has 0 fully saturated rings. The first kappa shape index (κ1) is 22.6. The average Bonchev–Trinajstić information content (AvgIpc) is 2.68. The highest BCUT2D eigenvalue weighted by Crippen LogP contribution is 2.25. The molecule has 2 aromatic rings. The van der Waals surface area contributed by atoms with Gasteiger partial charge in [-0.2, -0.15) is 0 Å². The molecule has 0 heterocycles. The highest BCUT2D eigenvalue weighted by Gasteiger charge is 2.10. The van der Waals surface area contributed by atoms with Gasteiger partial charge < -0.3 is 4.74 Å². The third-order valence-electron chi connectivity index (χ3n) is 4.16. The molecule has 2 rings (SSSR count). The van der Waals surface area contributed by atoms with Crippen molar-refractivity contribution in [3.63, 3.8) is 0 Å². The fraction of sp³-hybridized carbons (Fsp3) is 0.286. The SMILES string of the molecule is Cc1cc(OCC(=O)NNC(=S)NC(=O)c2ccc(C(C)C)cc2)cc(C)c1Cl. The van der Waals surface area contributed by atoms with E-state index < -0.39 is 5.91 Å². The van der Waals surface area contributed by atoms with E-state index in [-0.39, 0.29) is 17.6 Å². The number of hydrogen-bond acceptors (Lipinski definition) is 4. The molecule has 0 radical (unpaired) electrons. The number of thiocarbonyl (C=S) groups is 1. The normalized spacial score (nSPS) is 10.4. The predicted molar refractivity (Wildman–Crippen MR) is 118 cm³/mol. The molecule has 0 saturated carbocycles. The Bertz CT molecular complexity index is 891. The quantitative estimate of drug-likeness (QED) is 0.493. The van der Waals surface area contributed by atoms with Gasteiger partial charge in [0.2, 0.25) is 0 Å². The molecule has 3 N–H and O–H groups in total. The fourth-order valence-electron chi connectivity index (χ4n) is 2.53. The fourth-order valence-corrected chi connectivity index (χ4v) is 2.78. The van der Waals surface area contributed by atoms with E-state index in [1.54, 1.807) is 24.3 Å². The van der Waals surface area contributed by atoms with Crippen molar-refractivity contribution >= 4 is 40.7 Å². The van der Waals surface area contributed by atoms with Crippen LogP contribution in [-0.4, -0.2) is 23.5 Å². The lowest BCUT2D eigenvalue weighted by Crippen LogP contribution is -2.49. The lowest BCUT2D eigenvalue weighted by Gasteiger charge is -2.13. The van der Waals surface area contributed by atoms with E-state index in [0.29, 0.717) is 22.3 Å². The summed E-state index contributed by atoms with van der Waals surface area (Å²) in [6.45, 7) is 7.66. The van der Waals surface area contributed by atoms with E-state index in [4.69, 9.17) is 28.6 Å². The zero-order valence-corrected chi connectivity index (χ0v) is 18.3. The van der Waals surface area contributed by atoms with E-state index in [1.165, 1.54) is 0 Å². The van der Waals surface area contributed by atoms with Gasteiger partial charge in [0.15, 0.2) is 11.7 Å². The summed E-state index contributed by atoms with van der Waals surface area (Å²) in [6, 6.07) is 10.8. The topological polar surface area (TPSA) is 79.5 Å². The second-order valence-corrected chi connectivity index (χ2v) is 7.68. The molecule has 0 saturated heterocycles. The van der Waals surface area contributed by atoms with Crippen LogP contribution in [0.15, 0.2) is 36.4 Å². The average molecular weight is 434 g/mol. The lowest BCUT2D eigenvalue weighted by atomic mass is 10.0. The van der Waals surface area contributed by atoms with Crippen molar-refractivity contribution < 1.29 is 14.3 Å². The highest BCUT2D eigenvalue weighted by molar-refractivity contribution is 7.80. The standard InChI is InChI=1S/C21H24ClN3O3S/c1-12(2)15-5-7-16(8-6-15)20(27)23-21(29)25-24-18(26)11-28-17-9-13(3)19(22)14(4)10-17/h5-10,12H,11H2,1-4H3,(H,24,26)(H2,23,25,27,29). The number of halogens is 1. The molecule has 0 aliphatic rings. The smallest absolute Gasteiger partial charge is 0.276 e. The van der Waals surface area contributed by atoms with Crippen LogP contribution >= 0.6 is 23.8 Å². The van der Waals surface area contributed by atoms with E-state index >= 15 is 0 Å². The minimum Gasteiger partial charge on any atom is -0.484 e. The molecule has 0 atom stereocenters. The maximum absolute atomic E-state index is 12.2. The maximum Gasteiger partial charge on any atom is 0.276 e. The molecule has 0 unspecified atom stereocenters. The Morgan fingerprint density at radius 2 is 1.66 bits per heavy atom. The molecule has 0 aromatic heterocycles. The minimum atomic E-state index is -0.451. The Morgan fingerprint density at radius 1 is 1.07 bits per heavy atom. The molecule has 0 aliphatic carbocycles. The number of hydrazine groups is 1. The van der Waals surface area contributed by atoms with Crippen molar-refractivity contribution in [3.8, 4) is 5.75 Å². The Kier molecular flexibility index (Phi) is 7.99. The molecule has 0 aliphatic heterocycles. The summed E-state index contributed by atoms with van der Waals surface area (Å²) >= 11 is 11.1. The van der Waals surface area contributed by atoms with E-state index in [0.717, 1.165) is 16.7 Å². The van der Waals surface area contributed by atoms with Crippen LogP contribution in [-0.2, 0) is 4.79 Å². The molecular formula is C21H24ClN3O3S. The summed E-state index contributed by atoms with van der Waals surface area (Å²) in [5, 5.41) is 3.16. The van der Waals surface area contributed by atoms with Gasteiger partial charge in [-0.3, -0.25) is 25.8 Å². The number of hydrogen-bond donors (Lipinski definition) is 3. The van der Waals surface area contributed by atoms with Crippen LogP contribution in [0, 0.1) is 13.8 Å². The Labute approximate surface area is 180 Å². The van der Waals surface area contributed by atoms with Gasteiger partial charge in [-0.25, -0.2) is 0 Å². The Hall–Kier alpha value is -2.64. The molecular weight excluding hydrogens is 410 g/mol. The Balaban J connectivity index is 1.78. The summed E-state index contributed by atoms with van der Waals surface area (Å²) in [4.78, 5) is 24.1. The van der Waals surface area contributed by atoms with Gasteiger partial charge in [0.25, 0.3) is 11.8 Å². The van der Waals surface area contributed by atoms with Crippen molar-refractivity contribution in [1.29, 1.82) is 0 Å². The minimum absolute atomic E-state index is 0.0190. The molecule has 154 valence electrons. The highest BCUT2D eigenvalue weighted by atomic mass is 35.5. The van der Waals surface area contributed by atoms with E-state index in [2.05, 4.69) is 30.0 Å². The molecule has 8 heteroatoms. The number of aryl methyl sites for hydroxylation is 2. The zero-order chi connectivity index (χ0) is 21.6. The van der Waals surface area contributed by atoms with Crippen molar-refractivity contribution in [2.45, 2.75) is 33.6 Å². The van der Waals surface area contributed by atoms with Crippen LogP contribution in [0.4, 0.5) is 0 Å². The summed E-state index contributed by atoms with van der Waals surface area (Å²) in [5.41, 5.74) is 8.20. The van der Waals surface area contributed by atoms with Gasteiger partial charge >= 0.3 is 0 Å². The molecule has 29 heavy (non-hydrogen) atoms. The van der Waals surface area contributed by atoms with Gasteiger partial charge in [0, 0.05) is 10.6 Å². The van der Waals surface area contributed by atoms with Crippen LogP contribution in [0.3, 0.4) is 0 Å². The summed E-state index contributed by atoms with van der Waals surface area (Å²) in [6.07, 6.45) is 0. The number of benzene rings is 2. The lowest BCUT2D eigenvalue weighted by molar-refractivity contribution is -0.123. The molecule has 2 aromatic carbocycles. The summed E-state index contributed by atoms with van der Waals surface area (Å²) < 4.78 is 5.46. The van der Waals surface area contributed by atoms with Crippen molar-refractivity contribution in [3.05, 3.63) is 63.7 Å². The maximum atomic E-state index is 12.2. The zero-order valence-electron chi connectivity index (χ0n) is 16.8. The third-order valence-corrected chi connectivity index (χ3v) is 4.96. The van der Waals surface area contributed by atoms with Crippen LogP contribution in [0.5, 0.6) is 5.75 Å². The first-order chi connectivity index (χ1) is 13.7. The summed E-state index contributed by atoms with van der Waals surface area (Å²) in [5.74, 6) is 0.108. The number of rotatable bonds is 5. The second kappa shape index (κ2) is 10.2. The number of carbonyl (C=O) groups is 2. The number of ether oxygens (including phenoxy) is 1. The first-order valence-electron chi connectivity index (χ1n) is 9.07. The number of nitrogens with one attached hydrogen (secondary N) is 3. The monoisotopic (exact) mass is 433 g/mol. The predicted octanol–water partition coefficient (Wildman–Crippen LogP) is 3.79. The number of carbonyl (C=O) groups excluding carboxylic acids is 2. The number of amides is 2. The van der Waals surface area contributed by atoms with Crippen molar-refractivity contribution in [2.75, 3.05) is 6.61 Å². The third kappa shape index (κ3) is 6.73. The second-order valence-electron chi connectivity index (χ2n) is 6.89. The molecule has 2 amide bonds. The molecule has 0 bridgehead atoms. The van der Waals surface area contributed by atoms with Crippen LogP contribution < -0.4 is 20.9 Å². The van der Waals surface area contributed by atoms with Gasteiger partial charge in [-0.05, 0) is 72.9 Å². The van der Waals surface area contributed by atoms with Crippen LogP contribution in [0.25, 0.3) is 0 Å². The Morgan fingerprint density at radius 3 is 2.21 bits per heavy atom. The van der Waals surface area contributed by atoms with Crippen LogP contribution in [0.2, 0.25) is 5.02 Å². The van der Waals surface area contributed by atoms with Crippen LogP contribution in [0.1, 0.15) is 46.8 Å². The largest absolute Gasteiger partial charge is 0.484 e. The summed E-state index contributed by atoms with van der Waals surface area (Å²) in [7, 11) is 0. The van der Waals surface area contributed by atoms with Gasteiger partial charge in [-0.1, -0.05) is 37.6 Å². The van der Waals surface area contributed by atoms with E-state index in [1.807, 2.05) is 26.0 Å². The van der Waals surface area contributed by atoms with Gasteiger partial charge in [0.05, 0.1) is 0 Å². The van der Waals surface area contributed by atoms with Crippen molar-refractivity contribution in [1.82, 2.24) is 16.2 Å². The molecule has 6 nitrogen and oxygen atoms in total. The van der Waals surface area contributed by atoms with E-state index in [9.17, 15) is 9.59 Å². The van der Waals surface area contributed by atoms with Gasteiger partial charge in [0.1, 0.15) is 5.75 Å². The molecule has 0 spiro atoms. The van der Waals surface area contributed by atoms with Gasteiger partial charge in [-0.15, -0.1) is 0 Å². The first-order valence-corrected chi connectivity index (χ1v) is 9.85.